The Balaban J connectivity index is 1.95. The molecule has 96 valence electrons. The quantitative estimate of drug-likeness (QED) is 0.799. The number of halogens is 1. The molecule has 5 nitrogen and oxygen atoms in total. The minimum Gasteiger partial charge on any atom is -0.309 e. The van der Waals surface area contributed by atoms with Crippen LogP contribution in [0.25, 0.3) is 11.3 Å². The molecule has 1 N–H and O–H groups in total. The number of hydrogen-bond acceptors (Lipinski definition) is 4. The van der Waals surface area contributed by atoms with Gasteiger partial charge < -0.3 is 5.32 Å². The van der Waals surface area contributed by atoms with Gasteiger partial charge in [-0.2, -0.15) is 0 Å². The van der Waals surface area contributed by atoms with Crippen molar-refractivity contribution < 1.29 is 4.98 Å². The minimum absolute atomic E-state index is 0.430. The van der Waals surface area contributed by atoms with Gasteiger partial charge in [0.15, 0.2) is 0 Å². The van der Waals surface area contributed by atoms with Gasteiger partial charge in [0.05, 0.1) is 23.0 Å². The molecule has 0 aliphatic heterocycles. The molecule has 0 amide bonds. The SMILES string of the molecule is Clc1cnc(Nc2ccccn2)nc1-c1cc#[n+]cc1. The van der Waals surface area contributed by atoms with Crippen molar-refractivity contribution >= 4 is 23.4 Å². The average molecular weight is 283 g/mol. The third kappa shape index (κ3) is 2.66. The molecule has 6 heteroatoms. The molecule has 0 saturated carbocycles. The molecule has 0 fully saturated rings. The summed E-state index contributed by atoms with van der Waals surface area (Å²) in [5, 5.41) is 3.49. The van der Waals surface area contributed by atoms with Crippen LogP contribution >= 0.6 is 11.6 Å². The number of hydrogen-bond donors (Lipinski definition) is 1. The smallest absolute Gasteiger partial charge is 0.309 e. The molecule has 0 saturated heterocycles. The van der Waals surface area contributed by atoms with Crippen LogP contribution in [0.3, 0.4) is 0 Å². The van der Waals surface area contributed by atoms with Crippen molar-refractivity contribution in [1.82, 2.24) is 15.0 Å². The highest BCUT2D eigenvalue weighted by molar-refractivity contribution is 6.32. The summed E-state index contributed by atoms with van der Waals surface area (Å²) in [6.45, 7) is 0. The first kappa shape index (κ1) is 12.3. The number of anilines is 2. The van der Waals surface area contributed by atoms with Gasteiger partial charge in [0.1, 0.15) is 5.82 Å². The predicted molar refractivity (Wildman–Crippen MR) is 74.4 cm³/mol. The van der Waals surface area contributed by atoms with Gasteiger partial charge >= 0.3 is 12.4 Å². The number of nitrogens with one attached hydrogen (secondary N) is 1. The van der Waals surface area contributed by atoms with E-state index < -0.39 is 0 Å². The lowest BCUT2D eigenvalue weighted by Gasteiger charge is -2.06. The van der Waals surface area contributed by atoms with Crippen LogP contribution < -0.4 is 10.3 Å². The second-order valence-electron chi connectivity index (χ2n) is 3.90. The van der Waals surface area contributed by atoms with Gasteiger partial charge in [-0.3, -0.25) is 0 Å². The molecule has 0 unspecified atom stereocenters. The van der Waals surface area contributed by atoms with Gasteiger partial charge in [0.25, 0.3) is 0 Å². The van der Waals surface area contributed by atoms with Crippen molar-refractivity contribution in [3.8, 4) is 11.3 Å². The first-order valence-electron chi connectivity index (χ1n) is 5.86. The van der Waals surface area contributed by atoms with Crippen LogP contribution in [0.4, 0.5) is 11.8 Å². The average Bonchev–Trinajstić information content (AvgIpc) is 2.51. The van der Waals surface area contributed by atoms with Gasteiger partial charge in [-0.25, -0.2) is 15.0 Å². The summed E-state index contributed by atoms with van der Waals surface area (Å²) in [5.74, 6) is 1.10. The Hall–Kier alpha value is -2.71. The molecular weight excluding hydrogens is 274 g/mol. The predicted octanol–water partition coefficient (Wildman–Crippen LogP) is 2.34. The zero-order chi connectivity index (χ0) is 13.8. The zero-order valence-corrected chi connectivity index (χ0v) is 11.0. The van der Waals surface area contributed by atoms with E-state index in [1.807, 2.05) is 24.3 Å². The van der Waals surface area contributed by atoms with Gasteiger partial charge in [-0.1, -0.05) is 17.7 Å². The molecule has 0 spiro atoms. The topological polar surface area (TPSA) is 64.8 Å². The molecule has 0 aliphatic carbocycles. The lowest BCUT2D eigenvalue weighted by Crippen LogP contribution is -2.00. The molecule has 0 bridgehead atoms. The van der Waals surface area contributed by atoms with E-state index >= 15 is 0 Å². The summed E-state index contributed by atoms with van der Waals surface area (Å²) in [6.07, 6.45) is 7.64. The lowest BCUT2D eigenvalue weighted by atomic mass is 10.2. The van der Waals surface area contributed by atoms with E-state index in [0.717, 1.165) is 5.56 Å². The number of rotatable bonds is 3. The highest BCUT2D eigenvalue weighted by Gasteiger charge is 2.09. The Morgan fingerprint density at radius 3 is 2.90 bits per heavy atom. The van der Waals surface area contributed by atoms with Crippen LogP contribution in [0.1, 0.15) is 0 Å². The molecule has 3 aromatic heterocycles. The van der Waals surface area contributed by atoms with Crippen molar-refractivity contribution in [1.29, 1.82) is 0 Å². The van der Waals surface area contributed by atoms with Crippen molar-refractivity contribution in [2.24, 2.45) is 0 Å². The third-order valence-corrected chi connectivity index (χ3v) is 2.82. The van der Waals surface area contributed by atoms with Crippen LogP contribution in [0.5, 0.6) is 0 Å². The number of aromatic nitrogens is 4. The lowest BCUT2D eigenvalue weighted by molar-refractivity contribution is -0.293. The molecule has 3 rings (SSSR count). The number of nitrogens with zero attached hydrogens (tertiary/aromatic N) is 4. The largest absolute Gasteiger partial charge is 0.312 e. The van der Waals surface area contributed by atoms with E-state index in [1.54, 1.807) is 24.7 Å². The highest BCUT2D eigenvalue weighted by atomic mass is 35.5. The number of pyridine rings is 1. The molecule has 20 heavy (non-hydrogen) atoms. The zero-order valence-electron chi connectivity index (χ0n) is 10.3. The molecule has 0 aliphatic rings. The summed E-state index contributed by atoms with van der Waals surface area (Å²) in [4.78, 5) is 16.5. The normalized spacial score (nSPS) is 9.85. The summed E-state index contributed by atoms with van der Waals surface area (Å²) >= 11 is 6.13. The van der Waals surface area contributed by atoms with Crippen LogP contribution in [0, 0.1) is 6.20 Å². The van der Waals surface area contributed by atoms with Crippen molar-refractivity contribution in [2.75, 3.05) is 5.32 Å². The molecule has 0 radical (unpaired) electrons. The summed E-state index contributed by atoms with van der Waals surface area (Å²) in [7, 11) is 0. The van der Waals surface area contributed by atoms with Crippen molar-refractivity contribution in [3.05, 3.63) is 60.1 Å². The second-order valence-corrected chi connectivity index (χ2v) is 4.31. The Morgan fingerprint density at radius 1 is 1.20 bits per heavy atom. The third-order valence-electron chi connectivity index (χ3n) is 2.55. The molecule has 3 aromatic rings. The maximum Gasteiger partial charge on any atom is 0.312 e. The molecule has 3 heterocycles. The van der Waals surface area contributed by atoms with Crippen molar-refractivity contribution in [3.63, 3.8) is 0 Å². The summed E-state index contributed by atoms with van der Waals surface area (Å²) in [6, 6.07) is 9.09. The summed E-state index contributed by atoms with van der Waals surface area (Å²) in [5.41, 5.74) is 1.45. The Kier molecular flexibility index (Phi) is 3.40. The Morgan fingerprint density at radius 2 is 2.15 bits per heavy atom. The van der Waals surface area contributed by atoms with Crippen LogP contribution in [0.2, 0.25) is 5.02 Å². The maximum atomic E-state index is 6.13. The van der Waals surface area contributed by atoms with E-state index in [1.165, 1.54) is 0 Å². The van der Waals surface area contributed by atoms with Gasteiger partial charge in [-0.05, 0) is 17.1 Å². The monoisotopic (exact) mass is 282 g/mol. The van der Waals surface area contributed by atoms with Gasteiger partial charge in [0.2, 0.25) is 5.95 Å². The fourth-order valence-electron chi connectivity index (χ4n) is 1.64. The fraction of sp³-hybridized carbons (Fsp3) is 0. The molecule has 0 aromatic carbocycles. The fourth-order valence-corrected chi connectivity index (χ4v) is 1.84. The Labute approximate surface area is 120 Å². The van der Waals surface area contributed by atoms with Crippen molar-refractivity contribution in [2.45, 2.75) is 0 Å². The molecule has 0 atom stereocenters. The van der Waals surface area contributed by atoms with E-state index in [-0.39, 0.29) is 0 Å². The highest BCUT2D eigenvalue weighted by Crippen LogP contribution is 2.25. The second kappa shape index (κ2) is 5.51. The minimum atomic E-state index is 0.430. The van der Waals surface area contributed by atoms with E-state index in [2.05, 4.69) is 31.4 Å². The maximum absolute atomic E-state index is 6.13. The summed E-state index contributed by atoms with van der Waals surface area (Å²) < 4.78 is 0. The van der Waals surface area contributed by atoms with Crippen LogP contribution in [0.15, 0.2) is 48.9 Å². The van der Waals surface area contributed by atoms with Gasteiger partial charge in [-0.15, -0.1) is 0 Å². The first-order chi connectivity index (χ1) is 9.83. The molecular formula is C14H9ClN5+. The van der Waals surface area contributed by atoms with Crippen LogP contribution in [-0.2, 0) is 0 Å². The standard InChI is InChI=1S/C14H9ClN5/c15-11-9-18-14(19-12-3-1-2-6-17-12)20-13(11)10-4-7-16-8-5-10/h1-7,9H,(H,17,18,19,20)/q+1. The van der Waals surface area contributed by atoms with E-state index in [4.69, 9.17) is 11.6 Å². The van der Waals surface area contributed by atoms with E-state index in [9.17, 15) is 0 Å². The Bertz CT molecular complexity index is 703. The first-order valence-corrected chi connectivity index (χ1v) is 6.24. The van der Waals surface area contributed by atoms with Gasteiger partial charge in [0, 0.05) is 17.8 Å². The van der Waals surface area contributed by atoms with Crippen LogP contribution in [-0.4, -0.2) is 15.0 Å². The van der Waals surface area contributed by atoms with E-state index in [0.29, 0.717) is 22.5 Å².